The van der Waals surface area contributed by atoms with Gasteiger partial charge in [-0.15, -0.1) is 24.0 Å². The van der Waals surface area contributed by atoms with Crippen LogP contribution in [0.5, 0.6) is 11.5 Å². The first-order valence-corrected chi connectivity index (χ1v) is 7.72. The van der Waals surface area contributed by atoms with Crippen molar-refractivity contribution in [2.45, 2.75) is 45.8 Å². The van der Waals surface area contributed by atoms with Crippen LogP contribution in [0.2, 0.25) is 0 Å². The van der Waals surface area contributed by atoms with Crippen molar-refractivity contribution in [1.29, 1.82) is 0 Å². The summed E-state index contributed by atoms with van der Waals surface area (Å²) in [6, 6.07) is 4.71. The number of hydrogen-bond donors (Lipinski definition) is 2. The first-order chi connectivity index (χ1) is 11.1. The zero-order chi connectivity index (χ0) is 17.1. The van der Waals surface area contributed by atoms with Gasteiger partial charge in [-0.25, -0.2) is 4.99 Å². The monoisotopic (exact) mass is 457 g/mol. The van der Waals surface area contributed by atoms with Gasteiger partial charge in [0.1, 0.15) is 11.5 Å². The molecule has 24 heavy (non-hydrogen) atoms. The zero-order valence-electron chi connectivity index (χ0n) is 14.1. The number of hydrogen-bond acceptors (Lipinski definition) is 3. The molecule has 0 heterocycles. The molecule has 0 aliphatic rings. The number of halogens is 3. The molecular weight excluding hydrogens is 431 g/mol. The summed E-state index contributed by atoms with van der Waals surface area (Å²) in [4.78, 5) is 4.15. The summed E-state index contributed by atoms with van der Waals surface area (Å²) < 4.78 is 34.4. The molecule has 0 saturated heterocycles. The van der Waals surface area contributed by atoms with Crippen LogP contribution in [0.25, 0.3) is 0 Å². The number of methoxy groups -OCH3 is 1. The van der Waals surface area contributed by atoms with Crippen molar-refractivity contribution in [1.82, 2.24) is 5.32 Å². The lowest BCUT2D eigenvalue weighted by Gasteiger charge is -2.11. The van der Waals surface area contributed by atoms with Crippen molar-refractivity contribution in [2.24, 2.45) is 10.7 Å². The molecule has 0 amide bonds. The summed E-state index contributed by atoms with van der Waals surface area (Å²) in [6.45, 7) is 0.147. The van der Waals surface area contributed by atoms with Crippen LogP contribution in [-0.2, 0) is 6.54 Å². The van der Waals surface area contributed by atoms with Crippen molar-refractivity contribution in [2.75, 3.05) is 13.7 Å². The molecule has 0 aliphatic carbocycles. The Labute approximate surface area is 159 Å². The fraction of sp³-hybridized carbons (Fsp3) is 0.562. The van der Waals surface area contributed by atoms with Crippen LogP contribution in [-0.4, -0.2) is 26.2 Å². The Bertz CT molecular complexity index is 502. The second kappa shape index (κ2) is 13.0. The molecule has 0 fully saturated rings. The van der Waals surface area contributed by atoms with Crippen LogP contribution in [0.3, 0.4) is 0 Å². The van der Waals surface area contributed by atoms with Crippen molar-refractivity contribution < 1.29 is 18.3 Å². The molecule has 1 aromatic carbocycles. The third kappa shape index (κ3) is 9.09. The maximum absolute atomic E-state index is 12.5. The minimum Gasteiger partial charge on any atom is -0.497 e. The highest BCUT2D eigenvalue weighted by Crippen LogP contribution is 2.26. The lowest BCUT2D eigenvalue weighted by atomic mass is 10.2. The van der Waals surface area contributed by atoms with Gasteiger partial charge in [0.15, 0.2) is 5.96 Å². The van der Waals surface area contributed by atoms with Gasteiger partial charge in [-0.1, -0.05) is 26.2 Å². The van der Waals surface area contributed by atoms with E-state index in [1.54, 1.807) is 12.1 Å². The van der Waals surface area contributed by atoms with Crippen molar-refractivity contribution in [3.63, 3.8) is 0 Å². The van der Waals surface area contributed by atoms with Crippen LogP contribution in [0, 0.1) is 0 Å². The van der Waals surface area contributed by atoms with Gasteiger partial charge in [-0.2, -0.15) is 8.78 Å². The lowest BCUT2D eigenvalue weighted by molar-refractivity contribution is -0.0505. The highest BCUT2D eigenvalue weighted by molar-refractivity contribution is 14.0. The van der Waals surface area contributed by atoms with E-state index in [1.807, 2.05) is 0 Å². The van der Waals surface area contributed by atoms with Crippen LogP contribution in [0.4, 0.5) is 8.78 Å². The van der Waals surface area contributed by atoms with Crippen LogP contribution < -0.4 is 20.5 Å². The molecule has 0 aromatic heterocycles. The highest BCUT2D eigenvalue weighted by atomic mass is 127. The van der Waals surface area contributed by atoms with Crippen LogP contribution >= 0.6 is 24.0 Å². The van der Waals surface area contributed by atoms with Gasteiger partial charge in [0.05, 0.1) is 13.7 Å². The largest absolute Gasteiger partial charge is 0.497 e. The minimum absolute atomic E-state index is 0. The maximum atomic E-state index is 12.5. The van der Waals surface area contributed by atoms with E-state index in [-0.39, 0.29) is 36.3 Å². The topological polar surface area (TPSA) is 68.9 Å². The first-order valence-electron chi connectivity index (χ1n) is 7.72. The summed E-state index contributed by atoms with van der Waals surface area (Å²) in [5, 5.41) is 3.01. The van der Waals surface area contributed by atoms with E-state index in [0.717, 1.165) is 19.4 Å². The third-order valence-electron chi connectivity index (χ3n) is 3.25. The number of unbranched alkanes of at least 4 members (excludes halogenated alkanes) is 3. The van der Waals surface area contributed by atoms with Gasteiger partial charge < -0.3 is 20.5 Å². The SMILES string of the molecule is CCCCCCNC(N)=NCc1ccc(OC)cc1OC(F)F.I. The predicted molar refractivity (Wildman–Crippen MR) is 103 cm³/mol. The Kier molecular flexibility index (Phi) is 12.3. The minimum atomic E-state index is -2.90. The number of nitrogens with two attached hydrogens (primary N) is 1. The van der Waals surface area contributed by atoms with E-state index in [0.29, 0.717) is 17.3 Å². The lowest BCUT2D eigenvalue weighted by Crippen LogP contribution is -2.32. The molecule has 3 N–H and O–H groups in total. The van der Waals surface area contributed by atoms with Gasteiger partial charge in [0, 0.05) is 18.2 Å². The molecule has 0 unspecified atom stereocenters. The molecule has 0 saturated carbocycles. The number of guanidine groups is 1. The molecule has 0 aliphatic heterocycles. The van der Waals surface area contributed by atoms with Crippen molar-refractivity contribution in [3.8, 4) is 11.5 Å². The smallest absolute Gasteiger partial charge is 0.387 e. The number of rotatable bonds is 10. The number of nitrogens with one attached hydrogen (secondary N) is 1. The van der Waals surface area contributed by atoms with E-state index in [9.17, 15) is 8.78 Å². The second-order valence-corrected chi connectivity index (χ2v) is 5.04. The van der Waals surface area contributed by atoms with Gasteiger partial charge in [-0.05, 0) is 18.6 Å². The van der Waals surface area contributed by atoms with Gasteiger partial charge in [0.25, 0.3) is 0 Å². The molecule has 0 spiro atoms. The quantitative estimate of drug-likeness (QED) is 0.242. The average molecular weight is 457 g/mol. The molecule has 1 aromatic rings. The summed E-state index contributed by atoms with van der Waals surface area (Å²) in [6.07, 6.45) is 4.53. The molecule has 0 radical (unpaired) electrons. The average Bonchev–Trinajstić information content (AvgIpc) is 2.52. The molecule has 8 heteroatoms. The van der Waals surface area contributed by atoms with Gasteiger partial charge >= 0.3 is 6.61 Å². The van der Waals surface area contributed by atoms with E-state index < -0.39 is 6.61 Å². The Balaban J connectivity index is 0.00000529. The number of ether oxygens (including phenoxy) is 2. The number of benzene rings is 1. The summed E-state index contributed by atoms with van der Waals surface area (Å²) >= 11 is 0. The van der Waals surface area contributed by atoms with Gasteiger partial charge in [0.2, 0.25) is 0 Å². The van der Waals surface area contributed by atoms with E-state index in [2.05, 4.69) is 22.0 Å². The standard InChI is InChI=1S/C16H25F2N3O2.HI/c1-3-4-5-6-9-20-16(19)21-11-12-7-8-13(22-2)10-14(12)23-15(17)18;/h7-8,10,15H,3-6,9,11H2,1-2H3,(H3,19,20,21);1H. The summed E-state index contributed by atoms with van der Waals surface area (Å²) in [7, 11) is 1.46. The molecule has 1 rings (SSSR count). The predicted octanol–water partition coefficient (Wildman–Crippen LogP) is 3.90. The van der Waals surface area contributed by atoms with E-state index in [1.165, 1.54) is 26.0 Å². The third-order valence-corrected chi connectivity index (χ3v) is 3.25. The summed E-state index contributed by atoms with van der Waals surface area (Å²) in [5.41, 5.74) is 6.28. The van der Waals surface area contributed by atoms with E-state index >= 15 is 0 Å². The molecule has 0 bridgehead atoms. The fourth-order valence-corrected chi connectivity index (χ4v) is 1.99. The highest BCUT2D eigenvalue weighted by Gasteiger charge is 2.11. The zero-order valence-corrected chi connectivity index (χ0v) is 16.4. The van der Waals surface area contributed by atoms with Gasteiger partial charge in [-0.3, -0.25) is 0 Å². The Morgan fingerprint density at radius 3 is 2.67 bits per heavy atom. The second-order valence-electron chi connectivity index (χ2n) is 5.04. The normalized spacial score (nSPS) is 11.1. The van der Waals surface area contributed by atoms with Crippen LogP contribution in [0.1, 0.15) is 38.2 Å². The van der Waals surface area contributed by atoms with Crippen molar-refractivity contribution in [3.05, 3.63) is 23.8 Å². The molecule has 138 valence electrons. The number of alkyl halides is 2. The maximum Gasteiger partial charge on any atom is 0.387 e. The number of nitrogens with zero attached hydrogens (tertiary/aromatic N) is 1. The summed E-state index contributed by atoms with van der Waals surface area (Å²) in [5.74, 6) is 0.773. The first kappa shape index (κ1) is 22.7. The Morgan fingerprint density at radius 1 is 1.29 bits per heavy atom. The Morgan fingerprint density at radius 2 is 2.04 bits per heavy atom. The van der Waals surface area contributed by atoms with E-state index in [4.69, 9.17) is 10.5 Å². The molecular formula is C16H26F2IN3O2. The number of aliphatic imine (C=N–C) groups is 1. The Hall–Kier alpha value is -1.32. The van der Waals surface area contributed by atoms with Crippen molar-refractivity contribution >= 4 is 29.9 Å². The molecule has 0 atom stereocenters. The van der Waals surface area contributed by atoms with Crippen LogP contribution in [0.15, 0.2) is 23.2 Å². The molecule has 5 nitrogen and oxygen atoms in total. The fourth-order valence-electron chi connectivity index (χ4n) is 1.99.